The van der Waals surface area contributed by atoms with Crippen LogP contribution in [0.4, 0.5) is 10.1 Å². The molecule has 6 nitrogen and oxygen atoms in total. The number of halogens is 1. The molecule has 0 spiro atoms. The first-order valence-electron chi connectivity index (χ1n) is 6.11. The average Bonchev–Trinajstić information content (AvgIpc) is 3.04. The lowest BCUT2D eigenvalue weighted by Crippen LogP contribution is -2.15. The van der Waals surface area contributed by atoms with Crippen molar-refractivity contribution in [2.24, 2.45) is 0 Å². The minimum atomic E-state index is -0.398. The van der Waals surface area contributed by atoms with Gasteiger partial charge in [-0.15, -0.1) is 0 Å². The maximum Gasteiger partial charge on any atom is 0.274 e. The maximum atomic E-state index is 12.8. The van der Waals surface area contributed by atoms with E-state index in [2.05, 4.69) is 20.3 Å². The van der Waals surface area contributed by atoms with E-state index in [9.17, 15) is 9.18 Å². The third kappa shape index (κ3) is 2.92. The molecule has 21 heavy (non-hydrogen) atoms. The molecule has 0 unspecified atom stereocenters. The first-order valence-corrected chi connectivity index (χ1v) is 6.11. The van der Waals surface area contributed by atoms with E-state index < -0.39 is 5.91 Å². The summed E-state index contributed by atoms with van der Waals surface area (Å²) in [5, 5.41) is 2.64. The Morgan fingerprint density at radius 1 is 1.14 bits per heavy atom. The molecular weight excluding hydrogens is 273 g/mol. The van der Waals surface area contributed by atoms with Gasteiger partial charge in [-0.3, -0.25) is 9.36 Å². The minimum absolute atomic E-state index is 0.207. The van der Waals surface area contributed by atoms with E-state index in [0.29, 0.717) is 11.6 Å². The fourth-order valence-corrected chi connectivity index (χ4v) is 1.71. The van der Waals surface area contributed by atoms with Gasteiger partial charge >= 0.3 is 0 Å². The second kappa shape index (κ2) is 5.49. The van der Waals surface area contributed by atoms with Crippen molar-refractivity contribution in [3.8, 4) is 5.95 Å². The smallest absolute Gasteiger partial charge is 0.274 e. The third-order valence-corrected chi connectivity index (χ3v) is 2.71. The monoisotopic (exact) mass is 283 g/mol. The van der Waals surface area contributed by atoms with E-state index in [1.54, 1.807) is 17.0 Å². The van der Waals surface area contributed by atoms with Crippen LogP contribution in [0.5, 0.6) is 0 Å². The van der Waals surface area contributed by atoms with E-state index in [-0.39, 0.29) is 11.5 Å². The molecule has 1 amide bonds. The Kier molecular flexibility index (Phi) is 3.38. The van der Waals surface area contributed by atoms with Gasteiger partial charge in [0.05, 0.1) is 0 Å². The summed E-state index contributed by atoms with van der Waals surface area (Å²) in [4.78, 5) is 24.2. The van der Waals surface area contributed by atoms with Gasteiger partial charge in [-0.1, -0.05) is 0 Å². The minimum Gasteiger partial charge on any atom is -0.321 e. The Balaban J connectivity index is 1.81. The second-order valence-corrected chi connectivity index (χ2v) is 4.17. The molecular formula is C14H10FN5O. The number of carbonyl (C=O) groups is 1. The number of amides is 1. The largest absolute Gasteiger partial charge is 0.321 e. The summed E-state index contributed by atoms with van der Waals surface area (Å²) < 4.78 is 14.4. The zero-order chi connectivity index (χ0) is 14.7. The number of nitrogens with one attached hydrogen (secondary N) is 1. The van der Waals surface area contributed by atoms with Gasteiger partial charge < -0.3 is 5.32 Å². The fraction of sp³-hybridized carbons (Fsp3) is 0. The van der Waals surface area contributed by atoms with Crippen LogP contribution in [0.25, 0.3) is 5.95 Å². The zero-order valence-electron chi connectivity index (χ0n) is 10.8. The highest BCUT2D eigenvalue weighted by Crippen LogP contribution is 2.10. The molecule has 104 valence electrons. The van der Waals surface area contributed by atoms with Gasteiger partial charge in [-0.05, 0) is 30.3 Å². The van der Waals surface area contributed by atoms with Crippen LogP contribution >= 0.6 is 0 Å². The summed E-state index contributed by atoms with van der Waals surface area (Å²) >= 11 is 0. The van der Waals surface area contributed by atoms with Gasteiger partial charge in [-0.25, -0.2) is 19.3 Å². The molecule has 1 N–H and O–H groups in total. The summed E-state index contributed by atoms with van der Waals surface area (Å²) in [6.07, 6.45) is 6.30. The van der Waals surface area contributed by atoms with Crippen molar-refractivity contribution in [3.05, 3.63) is 66.8 Å². The van der Waals surface area contributed by atoms with Crippen LogP contribution in [0.15, 0.2) is 55.2 Å². The molecule has 0 aliphatic heterocycles. The van der Waals surface area contributed by atoms with E-state index in [1.807, 2.05) is 0 Å². The van der Waals surface area contributed by atoms with Crippen molar-refractivity contribution >= 4 is 11.6 Å². The van der Waals surface area contributed by atoms with Crippen LogP contribution in [0.3, 0.4) is 0 Å². The number of anilines is 1. The molecule has 2 heterocycles. The molecule has 0 aliphatic carbocycles. The highest BCUT2D eigenvalue weighted by atomic mass is 19.1. The van der Waals surface area contributed by atoms with E-state index in [1.165, 1.54) is 42.9 Å². The van der Waals surface area contributed by atoms with Crippen molar-refractivity contribution in [2.45, 2.75) is 0 Å². The number of nitrogens with zero attached hydrogens (tertiary/aromatic N) is 4. The van der Waals surface area contributed by atoms with Crippen molar-refractivity contribution in [1.82, 2.24) is 19.5 Å². The summed E-state index contributed by atoms with van der Waals surface area (Å²) in [5.74, 6) is -0.415. The van der Waals surface area contributed by atoms with Crippen molar-refractivity contribution < 1.29 is 9.18 Å². The quantitative estimate of drug-likeness (QED) is 0.798. The van der Waals surface area contributed by atoms with Gasteiger partial charge in [0.2, 0.25) is 5.95 Å². The van der Waals surface area contributed by atoms with Crippen molar-refractivity contribution in [3.63, 3.8) is 0 Å². The molecule has 0 aliphatic rings. The standard InChI is InChI=1S/C14H10FN5O/c15-10-1-3-11(4-2-10)18-13(21)12-5-6-17-14(19-12)20-8-7-16-9-20/h1-9H,(H,18,21). The number of imidazole rings is 1. The van der Waals surface area contributed by atoms with Crippen LogP contribution in [0.1, 0.15) is 10.5 Å². The summed E-state index contributed by atoms with van der Waals surface area (Å²) in [6.45, 7) is 0. The number of carbonyl (C=O) groups excluding carboxylic acids is 1. The van der Waals surface area contributed by atoms with Crippen molar-refractivity contribution in [1.29, 1.82) is 0 Å². The van der Waals surface area contributed by atoms with Gasteiger partial charge in [0.15, 0.2) is 0 Å². The topological polar surface area (TPSA) is 72.7 Å². The number of rotatable bonds is 3. The molecule has 0 atom stereocenters. The molecule has 2 aromatic heterocycles. The molecule has 3 aromatic rings. The Morgan fingerprint density at radius 3 is 2.67 bits per heavy atom. The summed E-state index contributed by atoms with van der Waals surface area (Å²) in [7, 11) is 0. The summed E-state index contributed by atoms with van der Waals surface area (Å²) in [5.41, 5.74) is 0.696. The van der Waals surface area contributed by atoms with Gasteiger partial charge in [0.1, 0.15) is 17.8 Å². The van der Waals surface area contributed by atoms with Crippen LogP contribution in [0, 0.1) is 5.82 Å². The SMILES string of the molecule is O=C(Nc1ccc(F)cc1)c1ccnc(-n2ccnc2)n1. The predicted octanol–water partition coefficient (Wildman–Crippen LogP) is 2.05. The molecule has 1 aromatic carbocycles. The number of aromatic nitrogens is 4. The van der Waals surface area contributed by atoms with Crippen molar-refractivity contribution in [2.75, 3.05) is 5.32 Å². The zero-order valence-corrected chi connectivity index (χ0v) is 10.8. The first kappa shape index (κ1) is 12.9. The van der Waals surface area contributed by atoms with E-state index in [4.69, 9.17) is 0 Å². The van der Waals surface area contributed by atoms with Crippen LogP contribution in [-0.2, 0) is 0 Å². The van der Waals surface area contributed by atoms with Gasteiger partial charge in [-0.2, -0.15) is 0 Å². The van der Waals surface area contributed by atoms with Crippen LogP contribution in [-0.4, -0.2) is 25.4 Å². The number of hydrogen-bond donors (Lipinski definition) is 1. The number of benzene rings is 1. The highest BCUT2D eigenvalue weighted by Gasteiger charge is 2.10. The van der Waals surface area contributed by atoms with Crippen LogP contribution in [0.2, 0.25) is 0 Å². The van der Waals surface area contributed by atoms with Gasteiger partial charge in [0, 0.05) is 24.3 Å². The molecule has 0 bridgehead atoms. The lowest BCUT2D eigenvalue weighted by Gasteiger charge is -2.06. The number of hydrogen-bond acceptors (Lipinski definition) is 4. The third-order valence-electron chi connectivity index (χ3n) is 2.71. The molecule has 0 radical (unpaired) electrons. The van der Waals surface area contributed by atoms with E-state index >= 15 is 0 Å². The highest BCUT2D eigenvalue weighted by molar-refractivity contribution is 6.02. The lowest BCUT2D eigenvalue weighted by atomic mass is 10.3. The maximum absolute atomic E-state index is 12.8. The molecule has 0 saturated heterocycles. The Labute approximate surface area is 119 Å². The van der Waals surface area contributed by atoms with Gasteiger partial charge in [0.25, 0.3) is 5.91 Å². The molecule has 7 heteroatoms. The normalized spacial score (nSPS) is 10.3. The second-order valence-electron chi connectivity index (χ2n) is 4.17. The Hall–Kier alpha value is -3.09. The molecule has 0 saturated carbocycles. The fourth-order valence-electron chi connectivity index (χ4n) is 1.71. The average molecular weight is 283 g/mol. The summed E-state index contributed by atoms with van der Waals surface area (Å²) in [6, 6.07) is 6.99. The molecule has 3 rings (SSSR count). The first-order chi connectivity index (χ1) is 10.2. The lowest BCUT2D eigenvalue weighted by molar-refractivity contribution is 0.102. The van der Waals surface area contributed by atoms with E-state index in [0.717, 1.165) is 0 Å². The Morgan fingerprint density at radius 2 is 1.95 bits per heavy atom. The van der Waals surface area contributed by atoms with Crippen LogP contribution < -0.4 is 5.32 Å². The Bertz CT molecular complexity index is 755. The predicted molar refractivity (Wildman–Crippen MR) is 73.5 cm³/mol. The molecule has 0 fully saturated rings.